The Balaban J connectivity index is 5.24. The van der Waals surface area contributed by atoms with Crippen LogP contribution in [0, 0.1) is 23.7 Å². The molecule has 0 aliphatic heterocycles. The molecule has 0 aliphatic carbocycles. The summed E-state index contributed by atoms with van der Waals surface area (Å²) in [6, 6.07) is 0. The molecule has 0 aromatic carbocycles. The topological polar surface area (TPSA) is 237 Å². The average molecular weight is 1420 g/mol. The van der Waals surface area contributed by atoms with E-state index in [-0.39, 0.29) is 25.7 Å². The monoisotopic (exact) mass is 1420 g/mol. The zero-order valence-electron chi connectivity index (χ0n) is 63.7. The summed E-state index contributed by atoms with van der Waals surface area (Å²) in [5.74, 6) is 0.972. The summed E-state index contributed by atoms with van der Waals surface area (Å²) >= 11 is 0. The van der Waals surface area contributed by atoms with Crippen LogP contribution in [0.2, 0.25) is 0 Å². The van der Waals surface area contributed by atoms with Gasteiger partial charge in [0.2, 0.25) is 0 Å². The van der Waals surface area contributed by atoms with E-state index in [2.05, 4.69) is 55.4 Å². The van der Waals surface area contributed by atoms with Gasteiger partial charge in [0, 0.05) is 25.7 Å². The van der Waals surface area contributed by atoms with E-state index in [1.807, 2.05) is 0 Å². The fraction of sp³-hybridized carbons (Fsp3) is 0.949. The number of esters is 4. The Morgan fingerprint density at radius 2 is 0.495 bits per heavy atom. The van der Waals surface area contributed by atoms with Gasteiger partial charge in [-0.25, -0.2) is 9.13 Å². The Morgan fingerprint density at radius 3 is 0.732 bits per heavy atom. The van der Waals surface area contributed by atoms with Crippen molar-refractivity contribution in [1.29, 1.82) is 0 Å². The molecule has 0 bridgehead atoms. The van der Waals surface area contributed by atoms with Crippen molar-refractivity contribution >= 4 is 39.5 Å². The van der Waals surface area contributed by atoms with E-state index in [1.54, 1.807) is 0 Å². The number of phosphoric ester groups is 2. The second kappa shape index (κ2) is 67.2. The summed E-state index contributed by atoms with van der Waals surface area (Å²) in [5.41, 5.74) is 0. The van der Waals surface area contributed by atoms with Crippen molar-refractivity contribution in [2.24, 2.45) is 23.7 Å². The number of ether oxygens (including phenoxy) is 4. The maximum atomic E-state index is 13.1. The SMILES string of the molecule is CCC(C)CCCCCCCCCCCCC(=O)O[C@H](COC(=O)CCCCCCCCCCCCCCCCCC(C)C)COP(=O)(O)OCC(O)COP(=O)(O)OC[C@@H](COC(=O)CCCCCCCCCC(C)C)OC(=O)CCCCCCCCCCCCCCC(C)C. The molecule has 0 spiro atoms. The molecule has 6 atom stereocenters. The molecule has 576 valence electrons. The van der Waals surface area contributed by atoms with Crippen LogP contribution in [0.25, 0.3) is 0 Å². The smallest absolute Gasteiger partial charge is 0.462 e. The Labute approximate surface area is 594 Å². The third kappa shape index (κ3) is 70.9. The summed E-state index contributed by atoms with van der Waals surface area (Å²) in [7, 11) is -9.92. The third-order valence-electron chi connectivity index (χ3n) is 18.4. The fourth-order valence-corrected chi connectivity index (χ4v) is 13.5. The molecule has 0 fully saturated rings. The van der Waals surface area contributed by atoms with Crippen LogP contribution in [0.5, 0.6) is 0 Å². The fourth-order valence-electron chi connectivity index (χ4n) is 11.9. The largest absolute Gasteiger partial charge is 0.472 e. The van der Waals surface area contributed by atoms with Crippen molar-refractivity contribution in [3.63, 3.8) is 0 Å². The highest BCUT2D eigenvalue weighted by Crippen LogP contribution is 2.45. The van der Waals surface area contributed by atoms with E-state index >= 15 is 0 Å². The van der Waals surface area contributed by atoms with Crippen LogP contribution in [0.3, 0.4) is 0 Å². The summed E-state index contributed by atoms with van der Waals surface area (Å²) in [6.07, 6.45) is 52.7. The molecule has 3 N–H and O–H groups in total. The van der Waals surface area contributed by atoms with Crippen molar-refractivity contribution < 1.29 is 80.2 Å². The van der Waals surface area contributed by atoms with Gasteiger partial charge in [-0.05, 0) is 49.4 Å². The molecule has 0 aliphatic rings. The molecular formula is C78H152O17P2. The number of rotatable bonds is 75. The first-order chi connectivity index (χ1) is 46.6. The zero-order chi connectivity index (χ0) is 71.7. The van der Waals surface area contributed by atoms with E-state index in [9.17, 15) is 43.2 Å². The molecule has 19 heteroatoms. The van der Waals surface area contributed by atoms with Crippen LogP contribution in [0.4, 0.5) is 0 Å². The number of aliphatic hydroxyl groups excluding tert-OH is 1. The van der Waals surface area contributed by atoms with Crippen LogP contribution in [0.1, 0.15) is 396 Å². The molecule has 0 saturated heterocycles. The number of carbonyl (C=O) groups is 4. The number of aliphatic hydroxyl groups is 1. The number of hydrogen-bond donors (Lipinski definition) is 3. The highest BCUT2D eigenvalue weighted by Gasteiger charge is 2.30. The van der Waals surface area contributed by atoms with Crippen LogP contribution in [-0.2, 0) is 65.4 Å². The van der Waals surface area contributed by atoms with Gasteiger partial charge in [0.25, 0.3) is 0 Å². The molecule has 97 heavy (non-hydrogen) atoms. The van der Waals surface area contributed by atoms with E-state index in [1.165, 1.54) is 193 Å². The highest BCUT2D eigenvalue weighted by atomic mass is 31.2. The molecule has 17 nitrogen and oxygen atoms in total. The minimum absolute atomic E-state index is 0.106. The van der Waals surface area contributed by atoms with Gasteiger partial charge in [-0.3, -0.25) is 37.3 Å². The average Bonchev–Trinajstić information content (AvgIpc) is 1.72. The zero-order valence-corrected chi connectivity index (χ0v) is 65.5. The lowest BCUT2D eigenvalue weighted by atomic mass is 9.99. The van der Waals surface area contributed by atoms with E-state index < -0.39 is 97.5 Å². The van der Waals surface area contributed by atoms with Crippen LogP contribution in [-0.4, -0.2) is 96.7 Å². The van der Waals surface area contributed by atoms with Crippen LogP contribution < -0.4 is 0 Å². The summed E-state index contributed by atoms with van der Waals surface area (Å²) < 4.78 is 68.6. The highest BCUT2D eigenvalue weighted by molar-refractivity contribution is 7.47. The predicted octanol–water partition coefficient (Wildman–Crippen LogP) is 22.8. The van der Waals surface area contributed by atoms with Crippen molar-refractivity contribution in [1.82, 2.24) is 0 Å². The van der Waals surface area contributed by atoms with E-state index in [4.69, 9.17) is 37.0 Å². The van der Waals surface area contributed by atoms with Crippen molar-refractivity contribution in [2.75, 3.05) is 39.6 Å². The molecule has 0 amide bonds. The molecule has 0 aromatic heterocycles. The first-order valence-corrected chi connectivity index (χ1v) is 43.2. The second-order valence-corrected chi connectivity index (χ2v) is 32.7. The van der Waals surface area contributed by atoms with Crippen molar-refractivity contribution in [3.8, 4) is 0 Å². The van der Waals surface area contributed by atoms with Gasteiger partial charge in [0.05, 0.1) is 26.4 Å². The van der Waals surface area contributed by atoms with Gasteiger partial charge in [0.1, 0.15) is 19.3 Å². The Bertz CT molecular complexity index is 1900. The van der Waals surface area contributed by atoms with Crippen molar-refractivity contribution in [3.05, 3.63) is 0 Å². The molecule has 0 aromatic rings. The molecular weight excluding hydrogens is 1270 g/mol. The standard InChI is InChI=1S/C78H152O17P2/c1-9-71(8)57-49-41-33-25-21-22-28-36-45-53-61-78(83)94-73(64-88-75(80)58-50-42-34-26-19-14-12-10-11-13-17-23-30-38-46-54-68(2)3)66-92-96(84,85)90-62-72(79)63-91-97(86,87)93-67-74(65-89-76(81)59-51-43-37-29-32-40-48-56-70(6)7)95-77(82)60-52-44-35-27-20-16-15-18-24-31-39-47-55-69(4)5/h68-74,79H,9-67H2,1-8H3,(H,84,85)(H,86,87)/t71?,72?,73-,74-/m1/s1. The molecule has 0 radical (unpaired) electrons. The summed E-state index contributed by atoms with van der Waals surface area (Å²) in [5, 5.41) is 10.6. The molecule has 0 saturated carbocycles. The minimum atomic E-state index is -4.96. The first kappa shape index (κ1) is 95.1. The summed E-state index contributed by atoms with van der Waals surface area (Å²) in [4.78, 5) is 72.9. The summed E-state index contributed by atoms with van der Waals surface area (Å²) in [6.45, 7) is 14.2. The molecule has 0 rings (SSSR count). The quantitative estimate of drug-likeness (QED) is 0.0222. The van der Waals surface area contributed by atoms with Crippen LogP contribution in [0.15, 0.2) is 0 Å². The second-order valence-electron chi connectivity index (χ2n) is 29.8. The van der Waals surface area contributed by atoms with Gasteiger partial charge in [-0.15, -0.1) is 0 Å². The maximum Gasteiger partial charge on any atom is 0.472 e. The number of unbranched alkanes of at least 4 members (excludes halogenated alkanes) is 40. The Hall–Kier alpha value is -1.94. The Morgan fingerprint density at radius 1 is 0.289 bits per heavy atom. The lowest BCUT2D eigenvalue weighted by molar-refractivity contribution is -0.161. The number of phosphoric acid groups is 2. The normalized spacial score (nSPS) is 14.4. The number of hydrogen-bond acceptors (Lipinski definition) is 15. The van der Waals surface area contributed by atoms with E-state index in [0.29, 0.717) is 31.6 Å². The molecule has 4 unspecified atom stereocenters. The first-order valence-electron chi connectivity index (χ1n) is 40.2. The van der Waals surface area contributed by atoms with Gasteiger partial charge in [-0.1, -0.05) is 344 Å². The molecule has 0 heterocycles. The minimum Gasteiger partial charge on any atom is -0.462 e. The lowest BCUT2D eigenvalue weighted by Crippen LogP contribution is -2.30. The van der Waals surface area contributed by atoms with Crippen LogP contribution >= 0.6 is 15.6 Å². The Kier molecular flexibility index (Phi) is 65.9. The van der Waals surface area contributed by atoms with E-state index in [0.717, 1.165) is 114 Å². The van der Waals surface area contributed by atoms with Gasteiger partial charge < -0.3 is 33.8 Å². The number of carbonyl (C=O) groups excluding carboxylic acids is 4. The van der Waals surface area contributed by atoms with Crippen molar-refractivity contribution in [2.45, 2.75) is 414 Å². The third-order valence-corrected chi connectivity index (χ3v) is 20.3. The van der Waals surface area contributed by atoms with Gasteiger partial charge >= 0.3 is 39.5 Å². The lowest BCUT2D eigenvalue weighted by Gasteiger charge is -2.21. The van der Waals surface area contributed by atoms with Gasteiger partial charge in [-0.2, -0.15) is 0 Å². The van der Waals surface area contributed by atoms with Gasteiger partial charge in [0.15, 0.2) is 12.2 Å². The predicted molar refractivity (Wildman–Crippen MR) is 395 cm³/mol. The maximum absolute atomic E-state index is 13.1.